The summed E-state index contributed by atoms with van der Waals surface area (Å²) in [5, 5.41) is 0.136. The molecule has 2 aromatic rings. The highest BCUT2D eigenvalue weighted by Crippen LogP contribution is 2.21. The molecule has 0 radical (unpaired) electrons. The number of nitrogens with one attached hydrogen (secondary N) is 1. The molecule has 1 N–H and O–H groups in total. The quantitative estimate of drug-likeness (QED) is 0.893. The third-order valence-electron chi connectivity index (χ3n) is 2.30. The normalized spacial score (nSPS) is 10.4. The fourth-order valence-corrected chi connectivity index (χ4v) is 1.55. The largest absolute Gasteiger partial charge is 0.369 e. The summed E-state index contributed by atoms with van der Waals surface area (Å²) in [5.41, 5.74) is 1.67. The predicted molar refractivity (Wildman–Crippen MR) is 62.1 cm³/mol. The van der Waals surface area contributed by atoms with Gasteiger partial charge in [-0.3, -0.25) is 0 Å². The zero-order chi connectivity index (χ0) is 11.5. The molecule has 0 atom stereocenters. The summed E-state index contributed by atoms with van der Waals surface area (Å²) in [5.74, 6) is -0.409. The molecule has 16 heavy (non-hydrogen) atoms. The molecule has 0 saturated carbocycles. The van der Waals surface area contributed by atoms with Crippen LogP contribution in [0.5, 0.6) is 0 Å². The van der Waals surface area contributed by atoms with Crippen molar-refractivity contribution in [2.45, 2.75) is 6.54 Å². The fraction of sp³-hybridized carbons (Fsp3) is 0.182. The van der Waals surface area contributed by atoms with E-state index in [0.29, 0.717) is 6.54 Å². The number of aromatic amines is 1. The lowest BCUT2D eigenvalue weighted by molar-refractivity contribution is 0.627. The lowest BCUT2D eigenvalue weighted by Gasteiger charge is -2.18. The highest BCUT2D eigenvalue weighted by atomic mass is 35.5. The second-order valence-corrected chi connectivity index (χ2v) is 3.92. The lowest BCUT2D eigenvalue weighted by Crippen LogP contribution is -2.16. The number of nitrogens with zero attached hydrogens (tertiary/aromatic N) is 2. The van der Waals surface area contributed by atoms with Gasteiger partial charge in [0.1, 0.15) is 5.82 Å². The zero-order valence-electron chi connectivity index (χ0n) is 8.74. The zero-order valence-corrected chi connectivity index (χ0v) is 9.50. The minimum absolute atomic E-state index is 0.136. The molecule has 1 aromatic heterocycles. The van der Waals surface area contributed by atoms with E-state index in [4.69, 9.17) is 11.6 Å². The minimum atomic E-state index is -0.409. The summed E-state index contributed by atoms with van der Waals surface area (Å²) in [6.07, 6.45) is 3.42. The molecule has 0 spiro atoms. The maximum atomic E-state index is 13.2. The molecule has 0 aliphatic rings. The average Bonchev–Trinajstić information content (AvgIpc) is 2.74. The Kier molecular flexibility index (Phi) is 3.10. The summed E-state index contributed by atoms with van der Waals surface area (Å²) in [6.45, 7) is 0.616. The topological polar surface area (TPSA) is 31.9 Å². The van der Waals surface area contributed by atoms with E-state index in [9.17, 15) is 4.39 Å². The monoisotopic (exact) mass is 239 g/mol. The van der Waals surface area contributed by atoms with Gasteiger partial charge in [-0.2, -0.15) is 0 Å². The molecule has 0 amide bonds. The molecule has 1 heterocycles. The Morgan fingerprint density at radius 1 is 1.50 bits per heavy atom. The van der Waals surface area contributed by atoms with E-state index >= 15 is 0 Å². The third-order valence-corrected chi connectivity index (χ3v) is 2.60. The number of hydrogen-bond donors (Lipinski definition) is 1. The van der Waals surface area contributed by atoms with Crippen LogP contribution in [0.4, 0.5) is 10.1 Å². The van der Waals surface area contributed by atoms with Crippen molar-refractivity contribution in [3.8, 4) is 0 Å². The molecule has 0 unspecified atom stereocenters. The minimum Gasteiger partial charge on any atom is -0.369 e. The number of aromatic nitrogens is 2. The van der Waals surface area contributed by atoms with Crippen LogP contribution in [0, 0.1) is 5.82 Å². The van der Waals surface area contributed by atoms with Crippen LogP contribution in [-0.4, -0.2) is 17.0 Å². The highest BCUT2D eigenvalue weighted by molar-refractivity contribution is 6.30. The average molecular weight is 240 g/mol. The van der Waals surface area contributed by atoms with Gasteiger partial charge in [-0.25, -0.2) is 9.37 Å². The van der Waals surface area contributed by atoms with Crippen molar-refractivity contribution in [1.29, 1.82) is 0 Å². The van der Waals surface area contributed by atoms with Gasteiger partial charge in [0.15, 0.2) is 0 Å². The van der Waals surface area contributed by atoms with Crippen molar-refractivity contribution in [2.75, 3.05) is 11.9 Å². The van der Waals surface area contributed by atoms with Gasteiger partial charge in [-0.05, 0) is 18.2 Å². The van der Waals surface area contributed by atoms with Gasteiger partial charge < -0.3 is 9.88 Å². The smallest absolute Gasteiger partial charge is 0.143 e. The SMILES string of the molecule is CN(Cc1c[nH]cn1)c1ccc(Cl)c(F)c1. The van der Waals surface area contributed by atoms with Gasteiger partial charge in [0, 0.05) is 18.9 Å². The second-order valence-electron chi connectivity index (χ2n) is 3.52. The third kappa shape index (κ3) is 2.33. The molecule has 0 fully saturated rings. The highest BCUT2D eigenvalue weighted by Gasteiger charge is 2.06. The van der Waals surface area contributed by atoms with Gasteiger partial charge in [0.25, 0.3) is 0 Å². The number of benzene rings is 1. The Balaban J connectivity index is 2.14. The molecule has 0 saturated heterocycles. The fourth-order valence-electron chi connectivity index (χ4n) is 1.43. The predicted octanol–water partition coefficient (Wildman–Crippen LogP) is 2.84. The number of H-pyrrole nitrogens is 1. The van der Waals surface area contributed by atoms with Crippen molar-refractivity contribution < 1.29 is 4.39 Å². The van der Waals surface area contributed by atoms with Crippen molar-refractivity contribution in [3.63, 3.8) is 0 Å². The van der Waals surface area contributed by atoms with Crippen LogP contribution in [0.1, 0.15) is 5.69 Å². The van der Waals surface area contributed by atoms with Gasteiger partial charge in [0.2, 0.25) is 0 Å². The molecule has 0 aliphatic carbocycles. The van der Waals surface area contributed by atoms with Crippen LogP contribution < -0.4 is 4.90 Å². The Hall–Kier alpha value is -1.55. The maximum Gasteiger partial charge on any atom is 0.143 e. The number of halogens is 2. The van der Waals surface area contributed by atoms with Crippen molar-refractivity contribution in [3.05, 3.63) is 47.3 Å². The Bertz CT molecular complexity index is 470. The molecule has 2 rings (SSSR count). The van der Waals surface area contributed by atoms with E-state index < -0.39 is 5.82 Å². The number of hydrogen-bond acceptors (Lipinski definition) is 2. The van der Waals surface area contributed by atoms with Crippen LogP contribution in [-0.2, 0) is 6.54 Å². The first-order valence-electron chi connectivity index (χ1n) is 4.80. The number of anilines is 1. The van der Waals surface area contributed by atoms with E-state index in [2.05, 4.69) is 9.97 Å². The molecule has 3 nitrogen and oxygen atoms in total. The molecule has 5 heteroatoms. The molecule has 0 aliphatic heterocycles. The molecular weight excluding hydrogens is 229 g/mol. The summed E-state index contributed by atoms with van der Waals surface area (Å²) < 4.78 is 13.2. The Morgan fingerprint density at radius 3 is 2.94 bits per heavy atom. The van der Waals surface area contributed by atoms with Gasteiger partial charge in [0.05, 0.1) is 23.6 Å². The Morgan fingerprint density at radius 2 is 2.31 bits per heavy atom. The van der Waals surface area contributed by atoms with E-state index in [1.54, 1.807) is 18.5 Å². The van der Waals surface area contributed by atoms with E-state index in [-0.39, 0.29) is 5.02 Å². The summed E-state index contributed by atoms with van der Waals surface area (Å²) in [7, 11) is 1.87. The van der Waals surface area contributed by atoms with Crippen LogP contribution in [0.3, 0.4) is 0 Å². The second kappa shape index (κ2) is 4.53. The number of imidazole rings is 1. The first-order valence-corrected chi connectivity index (χ1v) is 5.18. The van der Waals surface area contributed by atoms with Crippen LogP contribution >= 0.6 is 11.6 Å². The Labute approximate surface area is 97.9 Å². The first kappa shape index (κ1) is 11.0. The van der Waals surface area contributed by atoms with Crippen molar-refractivity contribution >= 4 is 17.3 Å². The molecular formula is C11H11ClFN3. The van der Waals surface area contributed by atoms with Crippen molar-refractivity contribution in [1.82, 2.24) is 9.97 Å². The van der Waals surface area contributed by atoms with Crippen LogP contribution in [0.15, 0.2) is 30.7 Å². The van der Waals surface area contributed by atoms with Gasteiger partial charge in [-0.1, -0.05) is 11.6 Å². The lowest BCUT2D eigenvalue weighted by atomic mass is 10.3. The van der Waals surface area contributed by atoms with Gasteiger partial charge >= 0.3 is 0 Å². The van der Waals surface area contributed by atoms with E-state index in [1.807, 2.05) is 18.1 Å². The standard InChI is InChI=1S/C11H11ClFN3/c1-16(6-8-5-14-7-15-8)9-2-3-10(12)11(13)4-9/h2-5,7H,6H2,1H3,(H,14,15). The summed E-state index contributed by atoms with van der Waals surface area (Å²) in [4.78, 5) is 8.88. The first-order chi connectivity index (χ1) is 7.66. The van der Waals surface area contributed by atoms with E-state index in [1.165, 1.54) is 6.07 Å². The van der Waals surface area contributed by atoms with Gasteiger partial charge in [-0.15, -0.1) is 0 Å². The van der Waals surface area contributed by atoms with Crippen molar-refractivity contribution in [2.24, 2.45) is 0 Å². The number of rotatable bonds is 3. The molecule has 1 aromatic carbocycles. The summed E-state index contributed by atoms with van der Waals surface area (Å²) in [6, 6.07) is 4.74. The van der Waals surface area contributed by atoms with Crippen LogP contribution in [0.2, 0.25) is 5.02 Å². The molecule has 0 bridgehead atoms. The molecule has 84 valence electrons. The van der Waals surface area contributed by atoms with Crippen LogP contribution in [0.25, 0.3) is 0 Å². The van der Waals surface area contributed by atoms with E-state index in [0.717, 1.165) is 11.4 Å². The summed E-state index contributed by atoms with van der Waals surface area (Å²) >= 11 is 5.62. The maximum absolute atomic E-state index is 13.2.